The lowest BCUT2D eigenvalue weighted by Gasteiger charge is -2.44. The highest BCUT2D eigenvalue weighted by molar-refractivity contribution is 4.91. The van der Waals surface area contributed by atoms with Crippen molar-refractivity contribution in [1.82, 2.24) is 4.90 Å². The van der Waals surface area contributed by atoms with Crippen LogP contribution in [0.5, 0.6) is 0 Å². The van der Waals surface area contributed by atoms with Gasteiger partial charge in [-0.3, -0.25) is 4.90 Å². The third kappa shape index (κ3) is 2.80. The summed E-state index contributed by atoms with van der Waals surface area (Å²) in [7, 11) is 0. The van der Waals surface area contributed by atoms with Crippen LogP contribution in [-0.2, 0) is 0 Å². The number of nitrogens with zero attached hydrogens (tertiary/aromatic N) is 2. The van der Waals surface area contributed by atoms with Gasteiger partial charge in [-0.1, -0.05) is 0 Å². The van der Waals surface area contributed by atoms with Crippen LogP contribution in [0.2, 0.25) is 0 Å². The average Bonchev–Trinajstić information content (AvgIpc) is 1.94. The van der Waals surface area contributed by atoms with Gasteiger partial charge in [0.25, 0.3) is 0 Å². The highest BCUT2D eigenvalue weighted by Crippen LogP contribution is 2.19. The lowest BCUT2D eigenvalue weighted by Crippen LogP contribution is -2.59. The number of β-amino-alcohol motifs (C(OH)–C–C–N with tert-alkyl or cyclic N) is 1. The zero-order chi connectivity index (χ0) is 9.03. The molecule has 0 unspecified atom stereocenters. The summed E-state index contributed by atoms with van der Waals surface area (Å²) in [5, 5.41) is 17.7. The molecule has 1 fully saturated rings. The van der Waals surface area contributed by atoms with Crippen LogP contribution in [-0.4, -0.2) is 35.2 Å². The number of hydrogen-bond donors (Lipinski definition) is 1. The maximum absolute atomic E-state index is 9.39. The Kier molecular flexibility index (Phi) is 3.07. The Morgan fingerprint density at radius 1 is 1.50 bits per heavy atom. The maximum Gasteiger partial charge on any atom is 0.0872 e. The van der Waals surface area contributed by atoms with Gasteiger partial charge in [0.05, 0.1) is 11.7 Å². The van der Waals surface area contributed by atoms with Gasteiger partial charge in [0.15, 0.2) is 0 Å². The summed E-state index contributed by atoms with van der Waals surface area (Å²) in [6.07, 6.45) is 2.71. The van der Waals surface area contributed by atoms with Crippen molar-refractivity contribution >= 4 is 0 Å². The first-order chi connectivity index (χ1) is 5.64. The molecule has 0 spiro atoms. The van der Waals surface area contributed by atoms with Crippen LogP contribution in [0, 0.1) is 11.3 Å². The molecule has 3 heteroatoms. The summed E-state index contributed by atoms with van der Waals surface area (Å²) < 4.78 is 0. The minimum Gasteiger partial charge on any atom is -0.388 e. The first kappa shape index (κ1) is 9.50. The third-order valence-corrected chi connectivity index (χ3v) is 2.14. The van der Waals surface area contributed by atoms with Crippen molar-refractivity contribution in [3.05, 3.63) is 0 Å². The fourth-order valence-corrected chi connectivity index (χ4v) is 1.61. The minimum absolute atomic E-state index is 0.449. The van der Waals surface area contributed by atoms with E-state index in [-0.39, 0.29) is 0 Å². The number of unbranched alkanes of at least 4 members (excludes halogenated alkanes) is 2. The molecule has 0 aromatic carbocycles. The predicted octanol–water partition coefficient (Wildman–Crippen LogP) is 0.747. The molecule has 0 radical (unpaired) electrons. The second kappa shape index (κ2) is 3.88. The van der Waals surface area contributed by atoms with Crippen LogP contribution in [0.4, 0.5) is 0 Å². The molecule has 0 aliphatic carbocycles. The number of aliphatic hydroxyl groups is 1. The van der Waals surface area contributed by atoms with Crippen molar-refractivity contribution in [3.63, 3.8) is 0 Å². The number of hydrogen-bond acceptors (Lipinski definition) is 3. The fraction of sp³-hybridized carbons (Fsp3) is 0.889. The Morgan fingerprint density at radius 3 is 2.67 bits per heavy atom. The molecule has 12 heavy (non-hydrogen) atoms. The zero-order valence-corrected chi connectivity index (χ0v) is 7.58. The molecule has 0 bridgehead atoms. The first-order valence-corrected chi connectivity index (χ1v) is 4.46. The summed E-state index contributed by atoms with van der Waals surface area (Å²) in [5.74, 6) is 0. The van der Waals surface area contributed by atoms with Gasteiger partial charge in [0, 0.05) is 19.5 Å². The van der Waals surface area contributed by atoms with Crippen LogP contribution < -0.4 is 0 Å². The lowest BCUT2D eigenvalue weighted by atomic mass is 9.97. The largest absolute Gasteiger partial charge is 0.388 e. The van der Waals surface area contributed by atoms with E-state index in [4.69, 9.17) is 5.26 Å². The molecule has 0 amide bonds. The van der Waals surface area contributed by atoms with E-state index in [0.717, 1.165) is 32.5 Å². The molecular formula is C9H16N2O. The molecule has 0 aromatic heterocycles. The van der Waals surface area contributed by atoms with Crippen LogP contribution in [0.1, 0.15) is 26.2 Å². The predicted molar refractivity (Wildman–Crippen MR) is 46.5 cm³/mol. The SMILES string of the molecule is CC1(O)CN(CCCCC#N)C1. The quantitative estimate of drug-likeness (QED) is 0.630. The fourth-order valence-electron chi connectivity index (χ4n) is 1.61. The van der Waals surface area contributed by atoms with E-state index in [0.29, 0.717) is 6.42 Å². The van der Waals surface area contributed by atoms with Gasteiger partial charge >= 0.3 is 0 Å². The van der Waals surface area contributed by atoms with Crippen molar-refractivity contribution in [2.75, 3.05) is 19.6 Å². The average molecular weight is 168 g/mol. The Bertz CT molecular complexity index is 175. The van der Waals surface area contributed by atoms with Crippen LogP contribution in [0.25, 0.3) is 0 Å². The van der Waals surface area contributed by atoms with Gasteiger partial charge in [-0.05, 0) is 26.3 Å². The van der Waals surface area contributed by atoms with Crippen LogP contribution in [0.15, 0.2) is 0 Å². The van der Waals surface area contributed by atoms with Crippen molar-refractivity contribution in [2.24, 2.45) is 0 Å². The van der Waals surface area contributed by atoms with E-state index in [1.54, 1.807) is 0 Å². The summed E-state index contributed by atoms with van der Waals surface area (Å²) in [6, 6.07) is 2.13. The van der Waals surface area contributed by atoms with E-state index in [9.17, 15) is 5.11 Å². The Hall–Kier alpha value is -0.590. The van der Waals surface area contributed by atoms with Crippen molar-refractivity contribution in [2.45, 2.75) is 31.8 Å². The van der Waals surface area contributed by atoms with Crippen molar-refractivity contribution in [1.29, 1.82) is 5.26 Å². The van der Waals surface area contributed by atoms with Crippen molar-refractivity contribution < 1.29 is 5.11 Å². The van der Waals surface area contributed by atoms with Gasteiger partial charge in [-0.25, -0.2) is 0 Å². The molecule has 1 heterocycles. The van der Waals surface area contributed by atoms with Crippen LogP contribution >= 0.6 is 0 Å². The monoisotopic (exact) mass is 168 g/mol. The van der Waals surface area contributed by atoms with E-state index in [2.05, 4.69) is 11.0 Å². The zero-order valence-electron chi connectivity index (χ0n) is 7.58. The first-order valence-electron chi connectivity index (χ1n) is 4.46. The number of nitriles is 1. The number of likely N-dealkylation sites (tertiary alicyclic amines) is 1. The highest BCUT2D eigenvalue weighted by atomic mass is 16.3. The molecular weight excluding hydrogens is 152 g/mol. The second-order valence-electron chi connectivity index (χ2n) is 3.82. The Morgan fingerprint density at radius 2 is 2.17 bits per heavy atom. The van der Waals surface area contributed by atoms with Crippen LogP contribution in [0.3, 0.4) is 0 Å². The molecule has 68 valence electrons. The van der Waals surface area contributed by atoms with Crippen molar-refractivity contribution in [3.8, 4) is 6.07 Å². The molecule has 1 aliphatic rings. The van der Waals surface area contributed by atoms with Gasteiger partial charge in [0.1, 0.15) is 0 Å². The normalized spacial score (nSPS) is 21.4. The number of rotatable bonds is 4. The van der Waals surface area contributed by atoms with E-state index in [1.807, 2.05) is 6.92 Å². The molecule has 1 aliphatic heterocycles. The summed E-state index contributed by atoms with van der Waals surface area (Å²) in [4.78, 5) is 2.22. The minimum atomic E-state index is -0.449. The standard InChI is InChI=1S/C9H16N2O/c1-9(12)7-11(8-9)6-4-2-3-5-10/h12H,2-4,6-8H2,1H3. The summed E-state index contributed by atoms with van der Waals surface area (Å²) in [6.45, 7) is 4.47. The van der Waals surface area contributed by atoms with E-state index < -0.39 is 5.60 Å². The molecule has 1 rings (SSSR count). The molecule has 0 atom stereocenters. The molecule has 1 N–H and O–H groups in total. The third-order valence-electron chi connectivity index (χ3n) is 2.14. The topological polar surface area (TPSA) is 47.3 Å². The lowest BCUT2D eigenvalue weighted by molar-refractivity contribution is -0.0833. The van der Waals surface area contributed by atoms with Gasteiger partial charge in [-0.15, -0.1) is 0 Å². The summed E-state index contributed by atoms with van der Waals surface area (Å²) >= 11 is 0. The maximum atomic E-state index is 9.39. The molecule has 3 nitrogen and oxygen atoms in total. The summed E-state index contributed by atoms with van der Waals surface area (Å²) in [5.41, 5.74) is -0.449. The molecule has 1 saturated heterocycles. The van der Waals surface area contributed by atoms with E-state index >= 15 is 0 Å². The van der Waals surface area contributed by atoms with E-state index in [1.165, 1.54) is 0 Å². The smallest absolute Gasteiger partial charge is 0.0872 e. The second-order valence-corrected chi connectivity index (χ2v) is 3.82. The Balaban J connectivity index is 1.94. The van der Waals surface area contributed by atoms with Gasteiger partial charge < -0.3 is 5.11 Å². The molecule has 0 saturated carbocycles. The highest BCUT2D eigenvalue weighted by Gasteiger charge is 2.35. The Labute approximate surface area is 73.6 Å². The van der Waals surface area contributed by atoms with Gasteiger partial charge in [-0.2, -0.15) is 5.26 Å². The molecule has 0 aromatic rings. The van der Waals surface area contributed by atoms with Gasteiger partial charge in [0.2, 0.25) is 0 Å².